The molecule has 144 valence electrons. The third-order valence-corrected chi connectivity index (χ3v) is 4.67. The van der Waals surface area contributed by atoms with Gasteiger partial charge in [-0.25, -0.2) is 4.79 Å². The molecule has 0 radical (unpaired) electrons. The molecule has 2 aromatic carbocycles. The molecular weight excluding hydrogens is 359 g/mol. The first-order valence-electron chi connectivity index (χ1n) is 8.62. The number of para-hydroxylation sites is 1. The third-order valence-electron chi connectivity index (χ3n) is 4.67. The topological polar surface area (TPSA) is 47.6 Å². The van der Waals surface area contributed by atoms with Crippen molar-refractivity contribution < 1.29 is 27.4 Å². The van der Waals surface area contributed by atoms with E-state index < -0.39 is 23.8 Å². The Morgan fingerprint density at radius 3 is 2.48 bits per heavy atom. The average molecular weight is 379 g/mol. The molecule has 1 aliphatic heterocycles. The molecule has 1 unspecified atom stereocenters. The summed E-state index contributed by atoms with van der Waals surface area (Å²) in [4.78, 5) is 12.6. The summed E-state index contributed by atoms with van der Waals surface area (Å²) in [5.41, 5.74) is -1.10. The predicted octanol–water partition coefficient (Wildman–Crippen LogP) is 4.67. The molecule has 7 heteroatoms. The van der Waals surface area contributed by atoms with Crippen LogP contribution in [0.5, 0.6) is 11.5 Å². The highest BCUT2D eigenvalue weighted by molar-refractivity contribution is 5.96. The van der Waals surface area contributed by atoms with E-state index in [1.807, 2.05) is 0 Å². The normalized spacial score (nSPS) is 17.0. The van der Waals surface area contributed by atoms with Crippen molar-refractivity contribution in [2.45, 2.75) is 32.0 Å². The second kappa shape index (κ2) is 7.60. The Morgan fingerprint density at radius 2 is 1.93 bits per heavy atom. The van der Waals surface area contributed by atoms with Crippen LogP contribution in [0.3, 0.4) is 0 Å². The predicted molar refractivity (Wildman–Crippen MR) is 94.1 cm³/mol. The van der Waals surface area contributed by atoms with Gasteiger partial charge in [-0.15, -0.1) is 0 Å². The van der Waals surface area contributed by atoms with Crippen LogP contribution < -0.4 is 14.8 Å². The molecule has 0 bridgehead atoms. The van der Waals surface area contributed by atoms with Gasteiger partial charge in [0.25, 0.3) is 0 Å². The van der Waals surface area contributed by atoms with E-state index in [-0.39, 0.29) is 28.2 Å². The number of alkyl halides is 3. The van der Waals surface area contributed by atoms with Crippen molar-refractivity contribution in [3.63, 3.8) is 0 Å². The lowest BCUT2D eigenvalue weighted by Gasteiger charge is -2.23. The van der Waals surface area contributed by atoms with Gasteiger partial charge in [-0.1, -0.05) is 18.2 Å². The van der Waals surface area contributed by atoms with E-state index in [4.69, 9.17) is 9.47 Å². The monoisotopic (exact) mass is 379 g/mol. The maximum absolute atomic E-state index is 13.8. The first-order chi connectivity index (χ1) is 12.8. The number of carbonyl (C=O) groups excluding carboxylic acids is 1. The minimum absolute atomic E-state index is 0.0742. The van der Waals surface area contributed by atoms with Crippen LogP contribution in [-0.2, 0) is 6.18 Å². The van der Waals surface area contributed by atoms with E-state index in [2.05, 4.69) is 5.32 Å². The smallest absolute Gasteiger partial charge is 0.417 e. The zero-order valence-electron chi connectivity index (χ0n) is 15.0. The minimum Gasteiger partial charge on any atom is -0.496 e. The zero-order valence-corrected chi connectivity index (χ0v) is 15.0. The molecule has 0 aromatic heterocycles. The standard InChI is InChI=1S/C20H20F3NO3/c1-12-17(19(25)27-13-7-4-3-5-8-13)16(26-2)11-14(15-9-6-10-24-15)18(12)20(21,22)23/h3-5,7-8,11,15,24H,6,9-10H2,1-2H3. The summed E-state index contributed by atoms with van der Waals surface area (Å²) in [5.74, 6) is -0.559. The first-order valence-corrected chi connectivity index (χ1v) is 8.62. The van der Waals surface area contributed by atoms with Crippen LogP contribution in [0.25, 0.3) is 0 Å². The molecule has 3 rings (SSSR count). The number of rotatable bonds is 4. The Balaban J connectivity index is 2.11. The van der Waals surface area contributed by atoms with Crippen molar-refractivity contribution in [3.05, 3.63) is 58.7 Å². The highest BCUT2D eigenvalue weighted by Gasteiger charge is 2.40. The van der Waals surface area contributed by atoms with Gasteiger partial charge >= 0.3 is 12.1 Å². The number of benzene rings is 2. The molecule has 2 aromatic rings. The summed E-state index contributed by atoms with van der Waals surface area (Å²) in [6, 6.07) is 9.08. The van der Waals surface area contributed by atoms with Gasteiger partial charge in [0.2, 0.25) is 0 Å². The molecule has 0 saturated carbocycles. The van der Waals surface area contributed by atoms with Crippen LogP contribution in [0.1, 0.15) is 45.9 Å². The van der Waals surface area contributed by atoms with Crippen LogP contribution >= 0.6 is 0 Å². The summed E-state index contributed by atoms with van der Waals surface area (Å²) < 4.78 is 52.1. The Morgan fingerprint density at radius 1 is 1.22 bits per heavy atom. The summed E-state index contributed by atoms with van der Waals surface area (Å²) >= 11 is 0. The Labute approximate surface area is 155 Å². The maximum Gasteiger partial charge on any atom is 0.417 e. The minimum atomic E-state index is -4.60. The molecule has 1 fully saturated rings. The molecule has 1 N–H and O–H groups in total. The van der Waals surface area contributed by atoms with Crippen LogP contribution in [0.4, 0.5) is 13.2 Å². The fourth-order valence-electron chi connectivity index (χ4n) is 3.47. The van der Waals surface area contributed by atoms with Crippen molar-refractivity contribution in [2.24, 2.45) is 0 Å². The highest BCUT2D eigenvalue weighted by Crippen LogP contribution is 2.43. The number of halogens is 3. The van der Waals surface area contributed by atoms with Crippen LogP contribution in [-0.4, -0.2) is 19.6 Å². The van der Waals surface area contributed by atoms with Gasteiger partial charge in [0.05, 0.1) is 12.7 Å². The Bertz CT molecular complexity index is 829. The summed E-state index contributed by atoms with van der Waals surface area (Å²) in [7, 11) is 1.33. The lowest BCUT2D eigenvalue weighted by molar-refractivity contribution is -0.138. The second-order valence-electron chi connectivity index (χ2n) is 6.39. The lowest BCUT2D eigenvalue weighted by Crippen LogP contribution is -2.23. The molecule has 1 aliphatic rings. The van der Waals surface area contributed by atoms with E-state index >= 15 is 0 Å². The lowest BCUT2D eigenvalue weighted by atomic mass is 9.90. The second-order valence-corrected chi connectivity index (χ2v) is 6.39. The molecule has 4 nitrogen and oxygen atoms in total. The molecule has 1 saturated heterocycles. The number of ether oxygens (including phenoxy) is 2. The number of methoxy groups -OCH3 is 1. The van der Waals surface area contributed by atoms with Gasteiger partial charge in [0.15, 0.2) is 0 Å². The van der Waals surface area contributed by atoms with Gasteiger partial charge in [-0.05, 0) is 55.6 Å². The summed E-state index contributed by atoms with van der Waals surface area (Å²) in [5, 5.41) is 3.08. The Hall–Kier alpha value is -2.54. The quantitative estimate of drug-likeness (QED) is 0.620. The molecule has 1 atom stereocenters. The number of carbonyl (C=O) groups is 1. The fraction of sp³-hybridized carbons (Fsp3) is 0.350. The fourth-order valence-corrected chi connectivity index (χ4v) is 3.47. The van der Waals surface area contributed by atoms with Crippen molar-refractivity contribution in [1.82, 2.24) is 5.32 Å². The SMILES string of the molecule is COc1cc(C2CCCN2)c(C(F)(F)F)c(C)c1C(=O)Oc1ccccc1. The highest BCUT2D eigenvalue weighted by atomic mass is 19.4. The van der Waals surface area contributed by atoms with Gasteiger partial charge in [-0.2, -0.15) is 13.2 Å². The van der Waals surface area contributed by atoms with Crippen LogP contribution in [0.15, 0.2) is 36.4 Å². The number of hydrogen-bond donors (Lipinski definition) is 1. The average Bonchev–Trinajstić information content (AvgIpc) is 3.14. The Kier molecular flexibility index (Phi) is 5.41. The molecule has 0 spiro atoms. The van der Waals surface area contributed by atoms with E-state index in [1.165, 1.54) is 20.1 Å². The van der Waals surface area contributed by atoms with E-state index in [0.717, 1.165) is 6.42 Å². The zero-order chi connectivity index (χ0) is 19.6. The molecule has 27 heavy (non-hydrogen) atoms. The maximum atomic E-state index is 13.8. The van der Waals surface area contributed by atoms with Gasteiger partial charge < -0.3 is 14.8 Å². The summed E-state index contributed by atoms with van der Waals surface area (Å²) in [6.07, 6.45) is -3.21. The third kappa shape index (κ3) is 3.93. The molecule has 0 aliphatic carbocycles. The molecular formula is C20H20F3NO3. The number of nitrogens with one attached hydrogen (secondary N) is 1. The molecule has 0 amide bonds. The van der Waals surface area contributed by atoms with Gasteiger partial charge in [-0.3, -0.25) is 0 Å². The van der Waals surface area contributed by atoms with Crippen LogP contribution in [0, 0.1) is 6.92 Å². The van der Waals surface area contributed by atoms with E-state index in [0.29, 0.717) is 13.0 Å². The molecule has 1 heterocycles. The first kappa shape index (κ1) is 19.2. The van der Waals surface area contributed by atoms with Crippen LogP contribution in [0.2, 0.25) is 0 Å². The van der Waals surface area contributed by atoms with E-state index in [9.17, 15) is 18.0 Å². The van der Waals surface area contributed by atoms with Crippen molar-refractivity contribution in [2.75, 3.05) is 13.7 Å². The largest absolute Gasteiger partial charge is 0.496 e. The van der Waals surface area contributed by atoms with E-state index in [1.54, 1.807) is 30.3 Å². The van der Waals surface area contributed by atoms with Crippen molar-refractivity contribution in [3.8, 4) is 11.5 Å². The van der Waals surface area contributed by atoms with Gasteiger partial charge in [0, 0.05) is 6.04 Å². The van der Waals surface area contributed by atoms with Crippen molar-refractivity contribution in [1.29, 1.82) is 0 Å². The number of esters is 1. The van der Waals surface area contributed by atoms with Gasteiger partial charge in [0.1, 0.15) is 17.1 Å². The summed E-state index contributed by atoms with van der Waals surface area (Å²) in [6.45, 7) is 1.94. The number of hydrogen-bond acceptors (Lipinski definition) is 4. The van der Waals surface area contributed by atoms with Crippen molar-refractivity contribution >= 4 is 5.97 Å².